The van der Waals surface area contributed by atoms with E-state index >= 15 is 0 Å². The van der Waals surface area contributed by atoms with Gasteiger partial charge in [0.25, 0.3) is 0 Å². The Bertz CT molecular complexity index is 347. The average molecular weight is 399 g/mol. The van der Waals surface area contributed by atoms with E-state index in [0.29, 0.717) is 10.7 Å². The average Bonchev–Trinajstić information content (AvgIpc) is 2.21. The number of benzene rings is 1. The summed E-state index contributed by atoms with van der Waals surface area (Å²) in [7, 11) is 0. The molecule has 0 saturated heterocycles. The van der Waals surface area contributed by atoms with Gasteiger partial charge in [-0.05, 0) is 36.1 Å². The van der Waals surface area contributed by atoms with Crippen molar-refractivity contribution in [3.8, 4) is 0 Å². The van der Waals surface area contributed by atoms with Crippen LogP contribution in [-0.4, -0.2) is 0 Å². The summed E-state index contributed by atoms with van der Waals surface area (Å²) < 4.78 is 2.36. The zero-order chi connectivity index (χ0) is 11.6. The minimum absolute atomic E-state index is 0.411. The van der Waals surface area contributed by atoms with E-state index in [1.54, 1.807) is 0 Å². The predicted molar refractivity (Wildman–Crippen MR) is 77.7 cm³/mol. The Kier molecular flexibility index (Phi) is 5.33. The van der Waals surface area contributed by atoms with E-state index in [1.807, 2.05) is 0 Å². The highest BCUT2D eigenvalue weighted by Gasteiger charge is 2.18. The molecule has 0 aromatic heterocycles. The van der Waals surface area contributed by atoms with Gasteiger partial charge in [0.1, 0.15) is 0 Å². The molecule has 0 amide bonds. The lowest BCUT2D eigenvalue weighted by atomic mass is 9.98. The van der Waals surface area contributed by atoms with E-state index in [4.69, 9.17) is 0 Å². The Labute approximate surface area is 117 Å². The lowest BCUT2D eigenvalue weighted by Gasteiger charge is -2.19. The SMILES string of the molecule is CCC(C)C(Br)c1cc(Br)c(C)cc1Br. The fourth-order valence-electron chi connectivity index (χ4n) is 1.39. The Morgan fingerprint density at radius 2 is 1.80 bits per heavy atom. The molecule has 1 aromatic carbocycles. The molecule has 1 rings (SSSR count). The van der Waals surface area contributed by atoms with Crippen LogP contribution in [-0.2, 0) is 0 Å². The molecule has 0 fully saturated rings. The smallest absolute Gasteiger partial charge is 0.0432 e. The summed E-state index contributed by atoms with van der Waals surface area (Å²) in [5, 5.41) is 0. The summed E-state index contributed by atoms with van der Waals surface area (Å²) >= 11 is 11.0. The molecule has 0 aliphatic heterocycles. The molecule has 0 bridgehead atoms. The summed E-state index contributed by atoms with van der Waals surface area (Å²) in [6.07, 6.45) is 1.17. The molecule has 0 saturated carbocycles. The fraction of sp³-hybridized carbons (Fsp3) is 0.500. The molecule has 0 nitrogen and oxygen atoms in total. The summed E-state index contributed by atoms with van der Waals surface area (Å²) in [6, 6.07) is 4.36. The van der Waals surface area contributed by atoms with Crippen LogP contribution in [0.4, 0.5) is 0 Å². The van der Waals surface area contributed by atoms with Crippen LogP contribution >= 0.6 is 47.8 Å². The third-order valence-electron chi connectivity index (χ3n) is 2.72. The van der Waals surface area contributed by atoms with Crippen molar-refractivity contribution in [2.45, 2.75) is 32.0 Å². The van der Waals surface area contributed by atoms with Gasteiger partial charge in [0.15, 0.2) is 0 Å². The summed E-state index contributed by atoms with van der Waals surface area (Å²) in [5.41, 5.74) is 2.58. The zero-order valence-electron chi connectivity index (χ0n) is 9.15. The minimum Gasteiger partial charge on any atom is -0.0835 e. The molecule has 1 aromatic rings. The zero-order valence-corrected chi connectivity index (χ0v) is 13.9. The third kappa shape index (κ3) is 3.31. The van der Waals surface area contributed by atoms with Gasteiger partial charge >= 0.3 is 0 Å². The first-order chi connectivity index (χ1) is 6.97. The second-order valence-corrected chi connectivity index (χ2v) is 6.61. The van der Waals surface area contributed by atoms with Gasteiger partial charge in [-0.2, -0.15) is 0 Å². The first kappa shape index (κ1) is 13.7. The van der Waals surface area contributed by atoms with Crippen molar-refractivity contribution in [2.75, 3.05) is 0 Å². The topological polar surface area (TPSA) is 0 Å². The molecule has 0 aliphatic rings. The van der Waals surface area contributed by atoms with Gasteiger partial charge in [0.05, 0.1) is 0 Å². The standard InChI is InChI=1S/C12H15Br3/c1-4-7(2)12(15)9-6-10(13)8(3)5-11(9)14/h5-7,12H,4H2,1-3H3. The Morgan fingerprint density at radius 1 is 1.20 bits per heavy atom. The number of rotatable bonds is 3. The molecule has 0 aliphatic carbocycles. The number of aryl methyl sites for hydroxylation is 1. The van der Waals surface area contributed by atoms with E-state index in [9.17, 15) is 0 Å². The highest BCUT2D eigenvalue weighted by Crippen LogP contribution is 2.39. The van der Waals surface area contributed by atoms with E-state index in [0.717, 1.165) is 0 Å². The molecular weight excluding hydrogens is 384 g/mol. The lowest BCUT2D eigenvalue weighted by molar-refractivity contribution is 0.554. The van der Waals surface area contributed by atoms with Crippen LogP contribution in [0.25, 0.3) is 0 Å². The van der Waals surface area contributed by atoms with Crippen molar-refractivity contribution >= 4 is 47.8 Å². The van der Waals surface area contributed by atoms with E-state index < -0.39 is 0 Å². The normalized spacial score (nSPS) is 15.1. The van der Waals surface area contributed by atoms with Crippen molar-refractivity contribution in [3.05, 3.63) is 32.2 Å². The van der Waals surface area contributed by atoms with Gasteiger partial charge in [-0.1, -0.05) is 68.1 Å². The van der Waals surface area contributed by atoms with Crippen LogP contribution in [0.1, 0.15) is 36.2 Å². The summed E-state index contributed by atoms with van der Waals surface area (Å²) in [4.78, 5) is 0.411. The van der Waals surface area contributed by atoms with Gasteiger partial charge in [0, 0.05) is 13.8 Å². The van der Waals surface area contributed by atoms with Gasteiger partial charge in [-0.15, -0.1) is 0 Å². The quantitative estimate of drug-likeness (QED) is 0.547. The molecular formula is C12H15Br3. The molecule has 15 heavy (non-hydrogen) atoms. The van der Waals surface area contributed by atoms with Crippen LogP contribution in [0.15, 0.2) is 21.1 Å². The van der Waals surface area contributed by atoms with Crippen LogP contribution in [0.3, 0.4) is 0 Å². The van der Waals surface area contributed by atoms with E-state index in [-0.39, 0.29) is 0 Å². The first-order valence-corrected chi connectivity index (χ1v) is 7.57. The Balaban J connectivity index is 3.09. The number of alkyl halides is 1. The van der Waals surface area contributed by atoms with Gasteiger partial charge in [0.2, 0.25) is 0 Å². The van der Waals surface area contributed by atoms with Gasteiger partial charge in [-0.3, -0.25) is 0 Å². The second kappa shape index (κ2) is 5.83. The molecule has 0 radical (unpaired) electrons. The molecule has 2 atom stereocenters. The molecule has 2 unspecified atom stereocenters. The monoisotopic (exact) mass is 396 g/mol. The molecule has 84 valence electrons. The van der Waals surface area contributed by atoms with Crippen molar-refractivity contribution in [1.29, 1.82) is 0 Å². The van der Waals surface area contributed by atoms with Crippen molar-refractivity contribution in [1.82, 2.24) is 0 Å². The van der Waals surface area contributed by atoms with E-state index in [1.165, 1.54) is 26.5 Å². The molecule has 0 N–H and O–H groups in total. The van der Waals surface area contributed by atoms with Crippen molar-refractivity contribution < 1.29 is 0 Å². The largest absolute Gasteiger partial charge is 0.0835 e. The maximum Gasteiger partial charge on any atom is 0.0432 e. The maximum absolute atomic E-state index is 3.77. The van der Waals surface area contributed by atoms with E-state index in [2.05, 4.69) is 80.7 Å². The Morgan fingerprint density at radius 3 is 2.33 bits per heavy atom. The highest BCUT2D eigenvalue weighted by atomic mass is 79.9. The summed E-state index contributed by atoms with van der Waals surface area (Å²) in [5.74, 6) is 0.635. The van der Waals surface area contributed by atoms with Crippen molar-refractivity contribution in [3.63, 3.8) is 0 Å². The van der Waals surface area contributed by atoms with Crippen LogP contribution in [0.2, 0.25) is 0 Å². The second-order valence-electron chi connectivity index (χ2n) is 3.91. The number of hydrogen-bond donors (Lipinski definition) is 0. The first-order valence-electron chi connectivity index (χ1n) is 5.07. The maximum atomic E-state index is 3.77. The molecule has 0 spiro atoms. The highest BCUT2D eigenvalue weighted by molar-refractivity contribution is 9.11. The lowest BCUT2D eigenvalue weighted by Crippen LogP contribution is -2.03. The van der Waals surface area contributed by atoms with Crippen molar-refractivity contribution in [2.24, 2.45) is 5.92 Å². The number of hydrogen-bond acceptors (Lipinski definition) is 0. The fourth-order valence-corrected chi connectivity index (χ4v) is 3.51. The third-order valence-corrected chi connectivity index (χ3v) is 5.66. The van der Waals surface area contributed by atoms with Crippen LogP contribution < -0.4 is 0 Å². The molecule has 0 heterocycles. The van der Waals surface area contributed by atoms with Crippen LogP contribution in [0, 0.1) is 12.8 Å². The molecule has 3 heteroatoms. The van der Waals surface area contributed by atoms with Gasteiger partial charge in [-0.25, -0.2) is 0 Å². The van der Waals surface area contributed by atoms with Crippen LogP contribution in [0.5, 0.6) is 0 Å². The summed E-state index contributed by atoms with van der Waals surface area (Å²) in [6.45, 7) is 6.58. The Hall–Kier alpha value is 0.660. The minimum atomic E-state index is 0.411. The number of halogens is 3. The van der Waals surface area contributed by atoms with Gasteiger partial charge < -0.3 is 0 Å². The predicted octanol–water partition coefficient (Wildman–Crippen LogP) is 6.00.